The predicted molar refractivity (Wildman–Crippen MR) is 11.1 cm³/mol. The van der Waals surface area contributed by atoms with Crippen LogP contribution in [0.4, 0.5) is 0 Å². The first kappa shape index (κ1) is 86.4. The van der Waals surface area contributed by atoms with E-state index in [-0.39, 0.29) is 370 Å². The topological polar surface area (TPSA) is 0 Å². The molecule has 12 heavy (non-hydrogen) atoms. The molecular weight excluding hydrogens is 1010 g/mol. The third-order valence-corrected chi connectivity index (χ3v) is 0. The fraction of sp³-hybridized carbons (Fsp3) is 0. The number of rotatable bonds is 0. The molecule has 0 rings (SSSR count). The molecule has 0 aromatic carbocycles. The SMILES string of the molecule is P.[Y].[Y].[Y].[Y].[Y].[Y].[Y].[Y].[Y].[Y].[Y]. The summed E-state index contributed by atoms with van der Waals surface area (Å²) in [6, 6.07) is 0. The minimum atomic E-state index is 0. The Morgan fingerprint density at radius 1 is 0.167 bits per heavy atom. The second-order valence-electron chi connectivity index (χ2n) is 0. The summed E-state index contributed by atoms with van der Waals surface area (Å²) in [5.41, 5.74) is 0. The van der Waals surface area contributed by atoms with E-state index in [2.05, 4.69) is 0 Å². The zero-order chi connectivity index (χ0) is 0. The van der Waals surface area contributed by atoms with Gasteiger partial charge in [-0.05, 0) is 0 Å². The van der Waals surface area contributed by atoms with Crippen molar-refractivity contribution >= 4 is 9.90 Å². The van der Waals surface area contributed by atoms with E-state index < -0.39 is 0 Å². The van der Waals surface area contributed by atoms with Crippen molar-refractivity contribution in [2.75, 3.05) is 0 Å². The van der Waals surface area contributed by atoms with Gasteiger partial charge in [0.15, 0.2) is 0 Å². The Labute approximate surface area is 356 Å². The first-order valence-corrected chi connectivity index (χ1v) is 0. The molecule has 1 atom stereocenters. The van der Waals surface area contributed by atoms with E-state index in [1.165, 1.54) is 0 Å². The number of hydrogen-bond donors (Lipinski definition) is 0. The zero-order valence-electron chi connectivity index (χ0n) is 7.06. The van der Waals surface area contributed by atoms with Crippen LogP contribution in [0.2, 0.25) is 0 Å². The molecule has 0 bridgehead atoms. The van der Waals surface area contributed by atoms with Crippen LogP contribution < -0.4 is 0 Å². The average molecular weight is 1010 g/mol. The summed E-state index contributed by atoms with van der Waals surface area (Å²) in [5, 5.41) is 0. The summed E-state index contributed by atoms with van der Waals surface area (Å²) < 4.78 is 0. The molecule has 1 unspecified atom stereocenters. The normalized spacial score (nSPS) is 0. The van der Waals surface area contributed by atoms with Gasteiger partial charge in [-0.3, -0.25) is 0 Å². The standard InChI is InChI=1S/H3P.11Y/h1H3;;;;;;;;;;;. The molecule has 0 N–H and O–H groups in total. The summed E-state index contributed by atoms with van der Waals surface area (Å²) in [5.74, 6) is 0. The molecule has 0 heterocycles. The van der Waals surface area contributed by atoms with E-state index in [0.717, 1.165) is 0 Å². The second kappa shape index (κ2) is 76.0. The van der Waals surface area contributed by atoms with E-state index in [4.69, 9.17) is 0 Å². The Balaban J connectivity index is 0. The van der Waals surface area contributed by atoms with Crippen molar-refractivity contribution in [2.24, 2.45) is 0 Å². The fourth-order valence-electron chi connectivity index (χ4n) is 0. The van der Waals surface area contributed by atoms with Crippen molar-refractivity contribution in [3.05, 3.63) is 0 Å². The van der Waals surface area contributed by atoms with Gasteiger partial charge in [-0.15, -0.1) is 0 Å². The van der Waals surface area contributed by atoms with Crippen LogP contribution in [0, 0.1) is 0 Å². The Morgan fingerprint density at radius 2 is 0.167 bits per heavy atom. The molecule has 12 heteroatoms. The van der Waals surface area contributed by atoms with Gasteiger partial charge in [-0.1, -0.05) is 0 Å². The van der Waals surface area contributed by atoms with Gasteiger partial charge in [0.1, 0.15) is 0 Å². The Morgan fingerprint density at radius 3 is 0.167 bits per heavy atom. The third-order valence-electron chi connectivity index (χ3n) is 0. The van der Waals surface area contributed by atoms with Crippen molar-refractivity contribution in [1.29, 1.82) is 0 Å². The monoisotopic (exact) mass is 1010 g/mol. The van der Waals surface area contributed by atoms with Crippen molar-refractivity contribution in [3.63, 3.8) is 0 Å². The first-order chi connectivity index (χ1) is 0. The smallest absolute Gasteiger partial charge is 0 e. The van der Waals surface area contributed by atoms with Crippen molar-refractivity contribution in [3.8, 4) is 0 Å². The number of hydrogen-bond acceptors (Lipinski definition) is 0. The maximum absolute atomic E-state index is 0. The molecule has 0 aliphatic heterocycles. The zero-order valence-corrected chi connectivity index (χ0v) is 39.7. The molecule has 0 saturated carbocycles. The minimum Gasteiger partial charge on any atom is -0.153 e. The molecule has 0 spiro atoms. The molecule has 0 aromatic rings. The second-order valence-corrected chi connectivity index (χ2v) is 0. The molecule has 0 nitrogen and oxygen atoms in total. The molecule has 0 aliphatic rings. The molecule has 41 valence electrons. The summed E-state index contributed by atoms with van der Waals surface area (Å²) >= 11 is 0. The Hall–Kier alpha value is 12.6. The summed E-state index contributed by atoms with van der Waals surface area (Å²) in [7, 11) is 0. The Bertz CT molecular complexity index is 4.97. The van der Waals surface area contributed by atoms with E-state index in [1.807, 2.05) is 0 Å². The van der Waals surface area contributed by atoms with Crippen LogP contribution in [0.3, 0.4) is 0 Å². The van der Waals surface area contributed by atoms with Crippen LogP contribution in [0.1, 0.15) is 0 Å². The van der Waals surface area contributed by atoms with Crippen LogP contribution in [-0.2, 0) is 360 Å². The van der Waals surface area contributed by atoms with Crippen LogP contribution in [0.5, 0.6) is 0 Å². The predicted octanol–water partition coefficient (Wildman–Crippen LogP) is 0.0306. The van der Waals surface area contributed by atoms with Crippen molar-refractivity contribution in [2.45, 2.75) is 0 Å². The summed E-state index contributed by atoms with van der Waals surface area (Å²) in [6.07, 6.45) is 0. The molecule has 0 fully saturated rings. The molecule has 0 aromatic heterocycles. The Kier molecular flexibility index (Phi) is 547. The van der Waals surface area contributed by atoms with Crippen molar-refractivity contribution < 1.29 is 360 Å². The van der Waals surface area contributed by atoms with Gasteiger partial charge in [0, 0.05) is 360 Å². The molecule has 0 amide bonds. The fourth-order valence-corrected chi connectivity index (χ4v) is 0. The van der Waals surface area contributed by atoms with E-state index in [1.54, 1.807) is 0 Å². The van der Waals surface area contributed by atoms with Gasteiger partial charge < -0.3 is 0 Å². The largest absolute Gasteiger partial charge is 0.153 e. The van der Waals surface area contributed by atoms with Gasteiger partial charge in [0.25, 0.3) is 0 Å². The third kappa shape index (κ3) is 66.5. The molecular formula is H3PY11. The van der Waals surface area contributed by atoms with Crippen LogP contribution in [0.25, 0.3) is 0 Å². The van der Waals surface area contributed by atoms with Gasteiger partial charge in [-0.25, -0.2) is 0 Å². The van der Waals surface area contributed by atoms with E-state index >= 15 is 0 Å². The molecule has 0 aliphatic carbocycles. The average Bonchev–Trinajstić information content (AvgIpc) is 0. The minimum absolute atomic E-state index is 0. The first-order valence-electron chi connectivity index (χ1n) is 0. The van der Waals surface area contributed by atoms with Gasteiger partial charge in [-0.2, -0.15) is 9.90 Å². The summed E-state index contributed by atoms with van der Waals surface area (Å²) in [6.45, 7) is 0. The van der Waals surface area contributed by atoms with Crippen LogP contribution >= 0.6 is 9.90 Å². The van der Waals surface area contributed by atoms with Gasteiger partial charge in [0.05, 0.1) is 0 Å². The molecule has 0 saturated heterocycles. The molecule has 11 radical (unpaired) electrons. The van der Waals surface area contributed by atoms with Gasteiger partial charge >= 0.3 is 0 Å². The van der Waals surface area contributed by atoms with Crippen LogP contribution in [-0.4, -0.2) is 0 Å². The maximum Gasteiger partial charge on any atom is 0 e. The van der Waals surface area contributed by atoms with Crippen LogP contribution in [0.15, 0.2) is 0 Å². The van der Waals surface area contributed by atoms with E-state index in [9.17, 15) is 0 Å². The van der Waals surface area contributed by atoms with Crippen molar-refractivity contribution in [1.82, 2.24) is 0 Å². The van der Waals surface area contributed by atoms with Gasteiger partial charge in [0.2, 0.25) is 0 Å². The van der Waals surface area contributed by atoms with E-state index in [0.29, 0.717) is 0 Å². The maximum atomic E-state index is 0. The summed E-state index contributed by atoms with van der Waals surface area (Å²) in [4.78, 5) is 0. The quantitative estimate of drug-likeness (QED) is 0.301.